The second-order valence-electron chi connectivity index (χ2n) is 9.03. The lowest BCUT2D eigenvalue weighted by atomic mass is 10.1. The Morgan fingerprint density at radius 1 is 0.884 bits per heavy atom. The minimum Gasteiger partial charge on any atom is -0.466 e. The van der Waals surface area contributed by atoms with E-state index in [1.165, 1.54) is 40.9 Å². The van der Waals surface area contributed by atoms with Crippen LogP contribution in [-0.4, -0.2) is 61.3 Å². The molecule has 4 aromatic heterocycles. The fourth-order valence-corrected chi connectivity index (χ4v) is 6.11. The third-order valence-electron chi connectivity index (χ3n) is 6.03. The topological polar surface area (TPSA) is 154 Å². The Morgan fingerprint density at radius 3 is 2.16 bits per heavy atom. The summed E-state index contributed by atoms with van der Waals surface area (Å²) in [6.45, 7) is 5.11. The predicted octanol–water partition coefficient (Wildman–Crippen LogP) is 5.49. The van der Waals surface area contributed by atoms with Crippen LogP contribution in [0.3, 0.4) is 0 Å². The summed E-state index contributed by atoms with van der Waals surface area (Å²) in [4.78, 5) is 54.0. The lowest BCUT2D eigenvalue weighted by molar-refractivity contribution is -0.144. The molecule has 0 fully saturated rings. The van der Waals surface area contributed by atoms with E-state index in [0.29, 0.717) is 60.9 Å². The molecule has 5 heterocycles. The van der Waals surface area contributed by atoms with Crippen LogP contribution in [0.1, 0.15) is 47.8 Å². The van der Waals surface area contributed by atoms with Crippen molar-refractivity contribution in [2.45, 2.75) is 46.1 Å². The molecule has 5 aromatic rings. The summed E-state index contributed by atoms with van der Waals surface area (Å²) in [6, 6.07) is 6.12. The molecule has 0 amide bonds. The van der Waals surface area contributed by atoms with E-state index < -0.39 is 0 Å². The third-order valence-corrected chi connectivity index (χ3v) is 8.35. The highest BCUT2D eigenvalue weighted by Gasteiger charge is 2.14. The number of hydrogen-bond donors (Lipinski definition) is 1. The van der Waals surface area contributed by atoms with Gasteiger partial charge in [0.2, 0.25) is 0 Å². The number of fused-ring (bicyclic) bond motifs is 3. The summed E-state index contributed by atoms with van der Waals surface area (Å²) in [5, 5.41) is 5.32. The molecule has 222 valence electrons. The number of hydrogen-bond acceptors (Lipinski definition) is 14. The van der Waals surface area contributed by atoms with Gasteiger partial charge in [-0.3, -0.25) is 14.6 Å². The van der Waals surface area contributed by atoms with Crippen molar-refractivity contribution in [2.75, 3.05) is 18.5 Å². The minimum atomic E-state index is -0.219. The number of aromatic nitrogens is 6. The van der Waals surface area contributed by atoms with Crippen LogP contribution >= 0.6 is 34.3 Å². The van der Waals surface area contributed by atoms with Crippen molar-refractivity contribution >= 4 is 84.6 Å². The maximum atomic E-state index is 11.5. The van der Waals surface area contributed by atoms with E-state index in [1.807, 2.05) is 18.3 Å². The smallest absolute Gasteiger partial charge is 0.306 e. The molecule has 0 unspecified atom stereocenters. The van der Waals surface area contributed by atoms with Crippen molar-refractivity contribution in [3.63, 3.8) is 0 Å². The van der Waals surface area contributed by atoms with E-state index in [0.717, 1.165) is 37.5 Å². The van der Waals surface area contributed by atoms with E-state index in [1.54, 1.807) is 13.8 Å². The van der Waals surface area contributed by atoms with Crippen LogP contribution in [0.4, 0.5) is 11.5 Å². The summed E-state index contributed by atoms with van der Waals surface area (Å²) in [5.74, 6) is 0.225. The van der Waals surface area contributed by atoms with Crippen LogP contribution in [0.5, 0.6) is 0 Å². The number of benzene rings is 1. The molecule has 0 aliphatic carbocycles. The number of halogens is 1. The van der Waals surface area contributed by atoms with Gasteiger partial charge in [0.25, 0.3) is 0 Å². The summed E-state index contributed by atoms with van der Waals surface area (Å²) in [7, 11) is 0. The second kappa shape index (κ2) is 14.4. The molecule has 0 saturated heterocycles. The van der Waals surface area contributed by atoms with E-state index in [9.17, 15) is 9.59 Å². The fraction of sp³-hybridized carbons (Fsp3) is 0.321. The summed E-state index contributed by atoms with van der Waals surface area (Å²) in [6.07, 6.45) is 6.51. The van der Waals surface area contributed by atoms with Crippen LogP contribution in [-0.2, 0) is 38.4 Å². The number of carbonyl (C=O) groups excluding carboxylic acids is 2. The SMILES string of the molecule is CCOC(=O)CCc1nc2c(Cl)ncnc2s1.CCOC(=O)CCc1nc2c(Nc3ccc4c(c3)C=NC4)ncnc2s1. The van der Waals surface area contributed by atoms with Crippen molar-refractivity contribution in [3.8, 4) is 0 Å². The maximum Gasteiger partial charge on any atom is 0.306 e. The average Bonchev–Trinajstić information content (AvgIpc) is 3.74. The number of aryl methyl sites for hydroxylation is 2. The largest absolute Gasteiger partial charge is 0.466 e. The number of thiazole rings is 2. The van der Waals surface area contributed by atoms with Gasteiger partial charge in [-0.2, -0.15) is 0 Å². The first kappa shape index (κ1) is 30.3. The highest BCUT2D eigenvalue weighted by molar-refractivity contribution is 7.18. The lowest BCUT2D eigenvalue weighted by Gasteiger charge is -2.07. The Balaban J connectivity index is 0.000000188. The van der Waals surface area contributed by atoms with Gasteiger partial charge in [0.05, 0.1) is 42.6 Å². The summed E-state index contributed by atoms with van der Waals surface area (Å²) in [5.41, 5.74) is 4.58. The number of nitrogens with zero attached hydrogens (tertiary/aromatic N) is 7. The molecule has 1 aromatic carbocycles. The zero-order valence-corrected chi connectivity index (χ0v) is 25.8. The molecule has 1 aliphatic rings. The Labute approximate surface area is 259 Å². The fourth-order valence-electron chi connectivity index (χ4n) is 4.07. The minimum absolute atomic E-state index is 0.212. The number of nitrogens with one attached hydrogen (secondary N) is 1. The van der Waals surface area contributed by atoms with Crippen molar-refractivity contribution in [1.82, 2.24) is 29.9 Å². The zero-order chi connectivity index (χ0) is 30.2. The van der Waals surface area contributed by atoms with Gasteiger partial charge in [0.1, 0.15) is 33.3 Å². The van der Waals surface area contributed by atoms with Crippen LogP contribution < -0.4 is 5.32 Å². The zero-order valence-electron chi connectivity index (χ0n) is 23.4. The van der Waals surface area contributed by atoms with Gasteiger partial charge in [0.15, 0.2) is 11.0 Å². The first-order chi connectivity index (χ1) is 20.9. The molecule has 43 heavy (non-hydrogen) atoms. The third kappa shape index (κ3) is 7.83. The second-order valence-corrected chi connectivity index (χ2v) is 11.5. The Hall–Kier alpha value is -4.14. The molecule has 0 spiro atoms. The van der Waals surface area contributed by atoms with E-state index in [2.05, 4.69) is 46.3 Å². The molecule has 1 N–H and O–H groups in total. The van der Waals surface area contributed by atoms with Crippen molar-refractivity contribution < 1.29 is 19.1 Å². The maximum absolute atomic E-state index is 11.5. The van der Waals surface area contributed by atoms with Crippen LogP contribution in [0.25, 0.3) is 20.7 Å². The summed E-state index contributed by atoms with van der Waals surface area (Å²) >= 11 is 8.77. The number of aliphatic imine (C=N–C) groups is 1. The molecule has 1 aliphatic heterocycles. The first-order valence-electron chi connectivity index (χ1n) is 13.5. The highest BCUT2D eigenvalue weighted by atomic mass is 35.5. The van der Waals surface area contributed by atoms with E-state index >= 15 is 0 Å². The predicted molar refractivity (Wildman–Crippen MR) is 166 cm³/mol. The van der Waals surface area contributed by atoms with Gasteiger partial charge in [-0.25, -0.2) is 29.9 Å². The van der Waals surface area contributed by atoms with Gasteiger partial charge in [-0.1, -0.05) is 40.3 Å². The van der Waals surface area contributed by atoms with Crippen molar-refractivity contribution in [3.05, 3.63) is 57.1 Å². The van der Waals surface area contributed by atoms with Gasteiger partial charge >= 0.3 is 11.9 Å². The highest BCUT2D eigenvalue weighted by Crippen LogP contribution is 2.29. The monoisotopic (exact) mass is 638 g/mol. The van der Waals surface area contributed by atoms with Gasteiger partial charge < -0.3 is 14.8 Å². The molecular weight excluding hydrogens is 612 g/mol. The Morgan fingerprint density at radius 2 is 1.51 bits per heavy atom. The Kier molecular flexibility index (Phi) is 10.1. The quantitative estimate of drug-likeness (QED) is 0.152. The molecule has 0 atom stereocenters. The first-order valence-corrected chi connectivity index (χ1v) is 15.5. The van der Waals surface area contributed by atoms with E-state index in [-0.39, 0.29) is 11.9 Å². The standard InChI is InChI=1S/C18H17N5O2S.C10H10ClN3O2S/c1-2-25-15(24)6-5-14-23-16-17(20-10-21-18(16)26-14)22-13-4-3-11-8-19-9-12(11)7-13;1-2-16-7(15)4-3-6-14-8-9(11)12-5-13-10(8)17-6/h3-4,7,9-10H,2,5-6,8H2,1H3,(H,20,21,22);5H,2-4H2,1H3. The number of carbonyl (C=O) groups is 2. The van der Waals surface area contributed by atoms with Crippen molar-refractivity contribution in [2.24, 2.45) is 4.99 Å². The molecule has 0 radical (unpaired) electrons. The number of anilines is 2. The number of rotatable bonds is 10. The van der Waals surface area contributed by atoms with E-state index in [4.69, 9.17) is 21.1 Å². The average molecular weight is 639 g/mol. The molecular formula is C28H27ClN8O4S2. The number of esters is 2. The van der Waals surface area contributed by atoms with Crippen LogP contribution in [0.15, 0.2) is 35.8 Å². The molecule has 12 nitrogen and oxygen atoms in total. The van der Waals surface area contributed by atoms with Gasteiger partial charge in [0, 0.05) is 24.7 Å². The Bertz CT molecular complexity index is 1790. The number of ether oxygens (including phenoxy) is 2. The molecule has 15 heteroatoms. The summed E-state index contributed by atoms with van der Waals surface area (Å²) < 4.78 is 9.81. The van der Waals surface area contributed by atoms with Gasteiger partial charge in [-0.05, 0) is 37.1 Å². The molecule has 6 rings (SSSR count). The van der Waals surface area contributed by atoms with Gasteiger partial charge in [-0.15, -0.1) is 0 Å². The van der Waals surface area contributed by atoms with Crippen molar-refractivity contribution in [1.29, 1.82) is 0 Å². The molecule has 0 saturated carbocycles. The molecule has 0 bridgehead atoms. The van der Waals surface area contributed by atoms with Crippen LogP contribution in [0, 0.1) is 0 Å². The lowest BCUT2D eigenvalue weighted by Crippen LogP contribution is -2.04. The van der Waals surface area contributed by atoms with Crippen LogP contribution in [0.2, 0.25) is 5.15 Å². The normalized spacial score (nSPS) is 11.7.